The van der Waals surface area contributed by atoms with Crippen molar-refractivity contribution >= 4 is 45.5 Å². The number of nitrogens with two attached hydrogens (primary N) is 4. The van der Waals surface area contributed by atoms with Gasteiger partial charge in [-0.3, -0.25) is 28.8 Å². The van der Waals surface area contributed by atoms with E-state index in [0.717, 1.165) is 36.8 Å². The van der Waals surface area contributed by atoms with Gasteiger partial charge in [0.25, 0.3) is 0 Å². The SMILES string of the molecule is NCCCCN(CC(N)=O)C(=O)CN(CCCCN)C(=O)CN(Cc1ccc2c(c1)OCO2)C(=O)CN(CC(c1ccccc1)c1ccccc1)C(=O)CN(CCc1ccc(S(N)(=O)=O)cc1)C(=O)CNC1CCCC1. The summed E-state index contributed by atoms with van der Waals surface area (Å²) in [5.41, 5.74) is 20.1. The maximum absolute atomic E-state index is 15.3. The second kappa shape index (κ2) is 29.4. The number of primary sulfonamides is 1. The molecule has 1 saturated carbocycles. The number of fused-ring (bicyclic) bond motifs is 1. The van der Waals surface area contributed by atoms with E-state index in [9.17, 15) is 27.6 Å². The second-order valence-corrected chi connectivity index (χ2v) is 20.9. The van der Waals surface area contributed by atoms with Crippen LogP contribution in [0.25, 0.3) is 0 Å². The number of primary amides is 1. The van der Waals surface area contributed by atoms with Crippen LogP contribution in [-0.2, 0) is 51.8 Å². The zero-order chi connectivity index (χ0) is 54.5. The van der Waals surface area contributed by atoms with Crippen molar-refractivity contribution in [2.75, 3.05) is 85.3 Å². The zero-order valence-electron chi connectivity index (χ0n) is 43.3. The van der Waals surface area contributed by atoms with Gasteiger partial charge in [0.2, 0.25) is 52.3 Å². The number of rotatable bonds is 31. The van der Waals surface area contributed by atoms with Gasteiger partial charge in [0.05, 0.1) is 37.6 Å². The highest BCUT2D eigenvalue weighted by Crippen LogP contribution is 2.33. The van der Waals surface area contributed by atoms with E-state index in [1.807, 2.05) is 60.7 Å². The molecule has 1 aliphatic carbocycles. The Labute approximate surface area is 446 Å². The first kappa shape index (κ1) is 58.4. The van der Waals surface area contributed by atoms with Crippen LogP contribution in [0.1, 0.15) is 79.5 Å². The quantitative estimate of drug-likeness (QED) is 0.0453. The minimum atomic E-state index is -3.95. The number of hydrogen-bond donors (Lipinski definition) is 5. The topological polar surface area (TPSA) is 287 Å². The Hall–Kier alpha value is -6.91. The summed E-state index contributed by atoms with van der Waals surface area (Å²) in [6, 6.07) is 30.5. The molecule has 0 saturated heterocycles. The maximum atomic E-state index is 15.3. The van der Waals surface area contributed by atoms with Crippen molar-refractivity contribution in [3.8, 4) is 11.5 Å². The van der Waals surface area contributed by atoms with Crippen LogP contribution in [0.2, 0.25) is 0 Å². The number of nitrogens with zero attached hydrogens (tertiary/aromatic N) is 5. The van der Waals surface area contributed by atoms with E-state index in [1.165, 1.54) is 36.6 Å². The van der Waals surface area contributed by atoms with E-state index in [2.05, 4.69) is 5.32 Å². The molecule has 1 aliphatic heterocycles. The van der Waals surface area contributed by atoms with Gasteiger partial charge in [0, 0.05) is 44.7 Å². The molecule has 4 aromatic rings. The molecular weight excluding hydrogens is 993 g/mol. The minimum absolute atomic E-state index is 0.00135. The van der Waals surface area contributed by atoms with Crippen LogP contribution in [0.15, 0.2) is 108 Å². The fraction of sp³-hybridized carbons (Fsp3) is 0.455. The van der Waals surface area contributed by atoms with Crippen LogP contribution >= 0.6 is 0 Å². The highest BCUT2D eigenvalue weighted by Gasteiger charge is 2.32. The van der Waals surface area contributed by atoms with Crippen LogP contribution < -0.4 is 37.1 Å². The van der Waals surface area contributed by atoms with E-state index in [-0.39, 0.29) is 75.9 Å². The predicted molar refractivity (Wildman–Crippen MR) is 287 cm³/mol. The third-order valence-corrected chi connectivity index (χ3v) is 14.5. The largest absolute Gasteiger partial charge is 0.454 e. The minimum Gasteiger partial charge on any atom is -0.454 e. The van der Waals surface area contributed by atoms with Crippen molar-refractivity contribution in [1.29, 1.82) is 0 Å². The molecule has 2 aliphatic rings. The van der Waals surface area contributed by atoms with Crippen LogP contribution in [0.3, 0.4) is 0 Å². The van der Waals surface area contributed by atoms with Crippen molar-refractivity contribution in [1.82, 2.24) is 29.8 Å². The molecule has 0 bridgehead atoms. The number of ether oxygens (including phenoxy) is 2. The van der Waals surface area contributed by atoms with E-state index >= 15 is 9.59 Å². The molecule has 76 heavy (non-hydrogen) atoms. The summed E-state index contributed by atoms with van der Waals surface area (Å²) in [5, 5.41) is 8.72. The van der Waals surface area contributed by atoms with E-state index in [4.69, 9.17) is 31.8 Å². The predicted octanol–water partition coefficient (Wildman–Crippen LogP) is 2.28. The summed E-state index contributed by atoms with van der Waals surface area (Å²) in [5.74, 6) is -2.72. The van der Waals surface area contributed by atoms with Crippen molar-refractivity contribution in [3.05, 3.63) is 125 Å². The summed E-state index contributed by atoms with van der Waals surface area (Å²) >= 11 is 0. The Kier molecular flexibility index (Phi) is 22.6. The molecular formula is C55H74N10O10S. The lowest BCUT2D eigenvalue weighted by Crippen LogP contribution is -2.52. The second-order valence-electron chi connectivity index (χ2n) is 19.3. The molecule has 21 heteroatoms. The van der Waals surface area contributed by atoms with Gasteiger partial charge in [0.1, 0.15) is 6.54 Å². The maximum Gasteiger partial charge on any atom is 0.242 e. The fourth-order valence-corrected chi connectivity index (χ4v) is 9.85. The Morgan fingerprint density at radius 2 is 1.08 bits per heavy atom. The molecule has 4 aromatic carbocycles. The number of carbonyl (C=O) groups excluding carboxylic acids is 6. The average Bonchev–Trinajstić information content (AvgIpc) is 4.12. The first-order valence-electron chi connectivity index (χ1n) is 26.0. The van der Waals surface area contributed by atoms with E-state index < -0.39 is 71.7 Å². The van der Waals surface area contributed by atoms with Gasteiger partial charge in [-0.25, -0.2) is 13.6 Å². The summed E-state index contributed by atoms with van der Waals surface area (Å²) in [4.78, 5) is 92.2. The van der Waals surface area contributed by atoms with Gasteiger partial charge < -0.3 is 56.5 Å². The van der Waals surface area contributed by atoms with E-state index in [0.29, 0.717) is 61.4 Å². The summed E-state index contributed by atoms with van der Waals surface area (Å²) in [7, 11) is -3.95. The van der Waals surface area contributed by atoms with Crippen LogP contribution in [-0.4, -0.2) is 160 Å². The molecule has 410 valence electrons. The molecule has 6 amide bonds. The van der Waals surface area contributed by atoms with Gasteiger partial charge in [-0.05, 0) is 105 Å². The third kappa shape index (κ3) is 18.1. The fourth-order valence-electron chi connectivity index (χ4n) is 9.34. The standard InChI is InChI=1S/C55H74N10O10S/c56-26-9-11-28-61(35-50(58)66)52(68)36-62(29-12-10-27-57)53(69)38-64(33-42-21-24-48-49(31-42)75-40-74-48)55(71)39-65(34-47(43-13-3-1-4-14-43)44-15-5-2-6-16-44)54(70)37-63(51(67)32-60-45-17-7-8-18-45)30-25-41-19-22-46(23-20-41)76(59,72)73/h1-6,13-16,19-24,31,45,47,60H,7-12,17-18,25-30,32-40,56-57H2,(H2,58,66)(H2,59,72,73). The van der Waals surface area contributed by atoms with Gasteiger partial charge in [-0.1, -0.05) is 91.7 Å². The number of benzene rings is 4. The molecule has 1 fully saturated rings. The van der Waals surface area contributed by atoms with Crippen LogP contribution in [0, 0.1) is 0 Å². The lowest BCUT2D eigenvalue weighted by molar-refractivity contribution is -0.147. The van der Waals surface area contributed by atoms with Gasteiger partial charge in [-0.15, -0.1) is 0 Å². The van der Waals surface area contributed by atoms with Crippen molar-refractivity contribution < 1.29 is 46.7 Å². The van der Waals surface area contributed by atoms with Gasteiger partial charge in [-0.2, -0.15) is 0 Å². The molecule has 0 spiro atoms. The van der Waals surface area contributed by atoms with Gasteiger partial charge >= 0.3 is 0 Å². The molecule has 9 N–H and O–H groups in total. The smallest absolute Gasteiger partial charge is 0.242 e. The average molecular weight is 1070 g/mol. The number of sulfonamides is 1. The first-order valence-corrected chi connectivity index (χ1v) is 27.6. The van der Waals surface area contributed by atoms with Gasteiger partial charge in [0.15, 0.2) is 11.5 Å². The summed E-state index contributed by atoms with van der Waals surface area (Å²) in [6.07, 6.45) is 6.31. The molecule has 0 aromatic heterocycles. The summed E-state index contributed by atoms with van der Waals surface area (Å²) < 4.78 is 35.3. The lowest BCUT2D eigenvalue weighted by atomic mass is 9.90. The van der Waals surface area contributed by atoms with Crippen LogP contribution in [0.4, 0.5) is 0 Å². The molecule has 0 atom stereocenters. The Balaban J connectivity index is 1.34. The lowest BCUT2D eigenvalue weighted by Gasteiger charge is -2.33. The van der Waals surface area contributed by atoms with Crippen molar-refractivity contribution in [3.63, 3.8) is 0 Å². The number of hydrogen-bond acceptors (Lipinski definition) is 13. The monoisotopic (exact) mass is 1070 g/mol. The molecule has 1 heterocycles. The highest BCUT2D eigenvalue weighted by molar-refractivity contribution is 7.89. The Bertz CT molecular complexity index is 2620. The molecule has 0 unspecified atom stereocenters. The third-order valence-electron chi connectivity index (χ3n) is 13.6. The first-order chi connectivity index (χ1) is 36.6. The molecule has 0 radical (unpaired) electrons. The normalized spacial score (nSPS) is 13.1. The molecule has 20 nitrogen and oxygen atoms in total. The number of carbonyl (C=O) groups is 6. The van der Waals surface area contributed by atoms with E-state index in [1.54, 1.807) is 30.3 Å². The Morgan fingerprint density at radius 3 is 1.64 bits per heavy atom. The number of nitrogens with one attached hydrogen (secondary N) is 1. The summed E-state index contributed by atoms with van der Waals surface area (Å²) in [6.45, 7) is -1.18. The van der Waals surface area contributed by atoms with Crippen LogP contribution in [0.5, 0.6) is 11.5 Å². The number of amides is 6. The van der Waals surface area contributed by atoms with Crippen molar-refractivity contribution in [2.45, 2.75) is 81.2 Å². The number of unbranched alkanes of at least 4 members (excludes halogenated alkanes) is 2. The zero-order valence-corrected chi connectivity index (χ0v) is 44.1. The highest BCUT2D eigenvalue weighted by atomic mass is 32.2. The Morgan fingerprint density at radius 1 is 0.579 bits per heavy atom. The van der Waals surface area contributed by atoms with Crippen molar-refractivity contribution in [2.24, 2.45) is 22.3 Å². The molecule has 6 rings (SSSR count).